The van der Waals surface area contributed by atoms with Gasteiger partial charge < -0.3 is 10.6 Å². The monoisotopic (exact) mass is 300 g/mol. The van der Waals surface area contributed by atoms with Crippen LogP contribution in [0, 0.1) is 0 Å². The molecule has 0 radical (unpaired) electrons. The average Bonchev–Trinajstić information content (AvgIpc) is 2.39. The lowest BCUT2D eigenvalue weighted by atomic mass is 10.1. The molecule has 1 aliphatic heterocycles. The number of anilines is 1. The molecule has 1 aromatic heterocycles. The van der Waals surface area contributed by atoms with Crippen LogP contribution in [-0.4, -0.2) is 29.1 Å². The quantitative estimate of drug-likeness (QED) is 0.879. The molecular weight excluding hydrogens is 283 g/mol. The van der Waals surface area contributed by atoms with Crippen LogP contribution in [0.2, 0.25) is 0 Å². The summed E-state index contributed by atoms with van der Waals surface area (Å²) >= 11 is 0. The van der Waals surface area contributed by atoms with Crippen LogP contribution in [0.15, 0.2) is 30.5 Å². The molecular formula is C13H18Cl2N4. The number of para-hydroxylation sites is 2. The van der Waals surface area contributed by atoms with Crippen molar-refractivity contribution in [2.24, 2.45) is 5.73 Å². The van der Waals surface area contributed by atoms with Crippen LogP contribution < -0.4 is 10.6 Å². The van der Waals surface area contributed by atoms with Crippen molar-refractivity contribution >= 4 is 41.7 Å². The van der Waals surface area contributed by atoms with Crippen molar-refractivity contribution in [3.63, 3.8) is 0 Å². The van der Waals surface area contributed by atoms with E-state index in [2.05, 4.69) is 14.9 Å². The third kappa shape index (κ3) is 3.47. The van der Waals surface area contributed by atoms with Gasteiger partial charge >= 0.3 is 0 Å². The fraction of sp³-hybridized carbons (Fsp3) is 0.385. The Morgan fingerprint density at radius 2 is 1.68 bits per heavy atom. The third-order valence-electron chi connectivity index (χ3n) is 3.30. The molecule has 2 aromatic rings. The molecule has 2 heterocycles. The molecule has 0 bridgehead atoms. The molecule has 0 amide bonds. The van der Waals surface area contributed by atoms with Crippen LogP contribution in [-0.2, 0) is 0 Å². The third-order valence-corrected chi connectivity index (χ3v) is 3.30. The van der Waals surface area contributed by atoms with E-state index in [4.69, 9.17) is 5.73 Å². The number of hydrogen-bond donors (Lipinski definition) is 1. The first-order valence-corrected chi connectivity index (χ1v) is 6.05. The molecule has 4 nitrogen and oxygen atoms in total. The Bertz CT molecular complexity index is 527. The predicted octanol–water partition coefficient (Wildman–Crippen LogP) is 2.40. The van der Waals surface area contributed by atoms with Gasteiger partial charge in [0.2, 0.25) is 0 Å². The second kappa shape index (κ2) is 6.89. The van der Waals surface area contributed by atoms with Crippen LogP contribution in [0.25, 0.3) is 11.0 Å². The zero-order valence-electron chi connectivity index (χ0n) is 10.5. The first-order chi connectivity index (χ1) is 8.33. The number of halogens is 2. The molecule has 0 saturated carbocycles. The zero-order chi connectivity index (χ0) is 11.7. The Morgan fingerprint density at radius 3 is 2.37 bits per heavy atom. The Balaban J connectivity index is 0.000000902. The average molecular weight is 301 g/mol. The number of nitrogens with two attached hydrogens (primary N) is 1. The van der Waals surface area contributed by atoms with E-state index in [-0.39, 0.29) is 24.8 Å². The molecule has 1 aromatic carbocycles. The van der Waals surface area contributed by atoms with E-state index in [9.17, 15) is 0 Å². The summed E-state index contributed by atoms with van der Waals surface area (Å²) in [6.45, 7) is 1.96. The van der Waals surface area contributed by atoms with Crippen LogP contribution in [0.4, 0.5) is 5.82 Å². The van der Waals surface area contributed by atoms with E-state index >= 15 is 0 Å². The molecule has 19 heavy (non-hydrogen) atoms. The number of aromatic nitrogens is 2. The van der Waals surface area contributed by atoms with E-state index in [1.807, 2.05) is 30.5 Å². The number of nitrogens with zero attached hydrogens (tertiary/aromatic N) is 3. The molecule has 104 valence electrons. The summed E-state index contributed by atoms with van der Waals surface area (Å²) in [4.78, 5) is 11.4. The molecule has 3 rings (SSSR count). The lowest BCUT2D eigenvalue weighted by molar-refractivity contribution is 0.498. The highest BCUT2D eigenvalue weighted by Crippen LogP contribution is 2.18. The number of hydrogen-bond acceptors (Lipinski definition) is 4. The SMILES string of the molecule is Cl.Cl.NC1CCN(c2cnc3ccccc3n2)CC1. The van der Waals surface area contributed by atoms with Crippen LogP contribution in [0.3, 0.4) is 0 Å². The van der Waals surface area contributed by atoms with Gasteiger partial charge in [0, 0.05) is 19.1 Å². The molecule has 1 fully saturated rings. The van der Waals surface area contributed by atoms with Gasteiger partial charge in [-0.2, -0.15) is 0 Å². The van der Waals surface area contributed by atoms with E-state index < -0.39 is 0 Å². The minimum atomic E-state index is 0. The fourth-order valence-corrected chi connectivity index (χ4v) is 2.23. The largest absolute Gasteiger partial charge is 0.355 e. The van der Waals surface area contributed by atoms with Gasteiger partial charge in [0.15, 0.2) is 0 Å². The molecule has 1 aliphatic rings. The van der Waals surface area contributed by atoms with Crippen molar-refractivity contribution in [3.8, 4) is 0 Å². The molecule has 1 saturated heterocycles. The predicted molar refractivity (Wildman–Crippen MR) is 83.5 cm³/mol. The maximum atomic E-state index is 5.90. The second-order valence-corrected chi connectivity index (χ2v) is 4.54. The summed E-state index contributed by atoms with van der Waals surface area (Å²) in [7, 11) is 0. The van der Waals surface area contributed by atoms with Gasteiger partial charge in [-0.3, -0.25) is 4.98 Å². The first-order valence-electron chi connectivity index (χ1n) is 6.05. The maximum absolute atomic E-state index is 5.90. The van der Waals surface area contributed by atoms with Crippen molar-refractivity contribution in [1.29, 1.82) is 0 Å². The lowest BCUT2D eigenvalue weighted by Gasteiger charge is -2.30. The Labute approximate surface area is 125 Å². The summed E-state index contributed by atoms with van der Waals surface area (Å²) in [5, 5.41) is 0. The minimum absolute atomic E-state index is 0. The smallest absolute Gasteiger partial charge is 0.147 e. The van der Waals surface area contributed by atoms with E-state index in [1.54, 1.807) is 0 Å². The number of benzene rings is 1. The lowest BCUT2D eigenvalue weighted by Crippen LogP contribution is -2.40. The standard InChI is InChI=1S/C13H16N4.2ClH/c14-10-5-7-17(8-6-10)13-9-15-11-3-1-2-4-12(11)16-13;;/h1-4,9-10H,5-8,14H2;2*1H. The van der Waals surface area contributed by atoms with E-state index in [0.29, 0.717) is 6.04 Å². The van der Waals surface area contributed by atoms with Gasteiger partial charge in [0.05, 0.1) is 17.2 Å². The highest BCUT2D eigenvalue weighted by molar-refractivity contribution is 5.85. The van der Waals surface area contributed by atoms with Crippen molar-refractivity contribution < 1.29 is 0 Å². The number of fused-ring (bicyclic) bond motifs is 1. The molecule has 6 heteroatoms. The van der Waals surface area contributed by atoms with Crippen molar-refractivity contribution in [2.75, 3.05) is 18.0 Å². The molecule has 0 unspecified atom stereocenters. The van der Waals surface area contributed by atoms with Gasteiger partial charge in [-0.15, -0.1) is 24.8 Å². The highest BCUT2D eigenvalue weighted by Gasteiger charge is 2.17. The Morgan fingerprint density at radius 1 is 1.05 bits per heavy atom. The van der Waals surface area contributed by atoms with Gasteiger partial charge in [-0.25, -0.2) is 4.98 Å². The summed E-state index contributed by atoms with van der Waals surface area (Å²) in [6, 6.07) is 8.31. The van der Waals surface area contributed by atoms with Gasteiger partial charge in [0.25, 0.3) is 0 Å². The maximum Gasteiger partial charge on any atom is 0.147 e. The van der Waals surface area contributed by atoms with E-state index in [1.165, 1.54) is 0 Å². The van der Waals surface area contributed by atoms with Gasteiger partial charge in [0.1, 0.15) is 5.82 Å². The van der Waals surface area contributed by atoms with Gasteiger partial charge in [-0.1, -0.05) is 12.1 Å². The second-order valence-electron chi connectivity index (χ2n) is 4.54. The van der Waals surface area contributed by atoms with Crippen LogP contribution in [0.5, 0.6) is 0 Å². The van der Waals surface area contributed by atoms with Crippen molar-refractivity contribution in [3.05, 3.63) is 30.5 Å². The van der Waals surface area contributed by atoms with Crippen LogP contribution in [0.1, 0.15) is 12.8 Å². The summed E-state index contributed by atoms with van der Waals surface area (Å²) in [5.74, 6) is 0.968. The van der Waals surface area contributed by atoms with E-state index in [0.717, 1.165) is 42.8 Å². The zero-order valence-corrected chi connectivity index (χ0v) is 12.2. The Hall–Kier alpha value is -1.10. The van der Waals surface area contributed by atoms with Gasteiger partial charge in [-0.05, 0) is 25.0 Å². The summed E-state index contributed by atoms with van der Waals surface area (Å²) in [6.07, 6.45) is 3.93. The normalized spacial score (nSPS) is 15.7. The number of piperidine rings is 1. The Kier molecular flexibility index (Phi) is 5.79. The highest BCUT2D eigenvalue weighted by atomic mass is 35.5. The van der Waals surface area contributed by atoms with Crippen molar-refractivity contribution in [1.82, 2.24) is 9.97 Å². The fourth-order valence-electron chi connectivity index (χ4n) is 2.23. The molecule has 2 N–H and O–H groups in total. The summed E-state index contributed by atoms with van der Waals surface area (Å²) < 4.78 is 0. The molecule has 0 aliphatic carbocycles. The van der Waals surface area contributed by atoms with Crippen molar-refractivity contribution in [2.45, 2.75) is 18.9 Å². The molecule has 0 spiro atoms. The minimum Gasteiger partial charge on any atom is -0.355 e. The topological polar surface area (TPSA) is 55.0 Å². The van der Waals surface area contributed by atoms with Crippen LogP contribution >= 0.6 is 24.8 Å². The summed E-state index contributed by atoms with van der Waals surface area (Å²) in [5.41, 5.74) is 7.81. The first kappa shape index (κ1) is 16.0. The number of rotatable bonds is 1. The molecule has 0 atom stereocenters.